The summed E-state index contributed by atoms with van der Waals surface area (Å²) in [5, 5.41) is 0. The van der Waals surface area contributed by atoms with Crippen LogP contribution in [0, 0.1) is 0 Å². The third-order valence-electron chi connectivity index (χ3n) is 3.65. The van der Waals surface area contributed by atoms with Gasteiger partial charge in [-0.05, 0) is 19.8 Å². The highest BCUT2D eigenvalue weighted by Crippen LogP contribution is 2.15. The minimum absolute atomic E-state index is 0.167. The van der Waals surface area contributed by atoms with E-state index in [1.54, 1.807) is 0 Å². The van der Waals surface area contributed by atoms with Crippen LogP contribution in [0.15, 0.2) is 0 Å². The van der Waals surface area contributed by atoms with Crippen molar-refractivity contribution in [1.29, 1.82) is 0 Å². The third kappa shape index (κ3) is 3.67. The minimum atomic E-state index is -0.167. The van der Waals surface area contributed by atoms with Crippen LogP contribution in [0.1, 0.15) is 19.8 Å². The van der Waals surface area contributed by atoms with Gasteiger partial charge in [0, 0.05) is 45.9 Å². The van der Waals surface area contributed by atoms with Crippen LogP contribution in [-0.2, 0) is 14.3 Å². The number of hydrogen-bond donors (Lipinski definition) is 0. The minimum Gasteiger partial charge on any atom is -0.380 e. The molecule has 1 atom stereocenters. The maximum Gasteiger partial charge on any atom is 0.251 e. The van der Waals surface area contributed by atoms with E-state index < -0.39 is 0 Å². The van der Waals surface area contributed by atoms with Gasteiger partial charge < -0.3 is 14.4 Å². The van der Waals surface area contributed by atoms with Crippen molar-refractivity contribution in [2.45, 2.75) is 25.9 Å². The largest absolute Gasteiger partial charge is 0.380 e. The fourth-order valence-corrected chi connectivity index (χ4v) is 2.51. The number of nitrogens with zero attached hydrogens (tertiary/aromatic N) is 2. The summed E-state index contributed by atoms with van der Waals surface area (Å²) in [6, 6.07) is 0. The Morgan fingerprint density at radius 1 is 1.33 bits per heavy atom. The van der Waals surface area contributed by atoms with Gasteiger partial charge in [0.05, 0.1) is 6.61 Å². The highest BCUT2D eigenvalue weighted by molar-refractivity contribution is 5.81. The average Bonchev–Trinajstić information content (AvgIpc) is 2.93. The predicted octanol–water partition coefficient (Wildman–Crippen LogP) is 0.346. The Hall–Kier alpha value is -0.650. The normalized spacial score (nSPS) is 25.6. The van der Waals surface area contributed by atoms with Gasteiger partial charge in [-0.15, -0.1) is 0 Å². The summed E-state index contributed by atoms with van der Waals surface area (Å²) >= 11 is 0. The molecular weight excluding hydrogens is 232 g/mol. The summed E-state index contributed by atoms with van der Waals surface area (Å²) in [5.74, 6) is 0.192. The van der Waals surface area contributed by atoms with E-state index in [1.807, 2.05) is 11.8 Å². The van der Waals surface area contributed by atoms with E-state index in [0.717, 1.165) is 65.4 Å². The average molecular weight is 256 g/mol. The molecule has 0 aromatic carbocycles. The Morgan fingerprint density at radius 3 is 2.72 bits per heavy atom. The molecule has 2 heterocycles. The molecule has 2 fully saturated rings. The molecule has 0 radical (unpaired) electrons. The van der Waals surface area contributed by atoms with E-state index in [9.17, 15) is 4.79 Å². The molecule has 0 spiro atoms. The van der Waals surface area contributed by atoms with Crippen molar-refractivity contribution < 1.29 is 14.3 Å². The molecule has 2 aliphatic rings. The van der Waals surface area contributed by atoms with Crippen molar-refractivity contribution in [2.75, 3.05) is 52.5 Å². The van der Waals surface area contributed by atoms with Gasteiger partial charge in [0.15, 0.2) is 0 Å². The third-order valence-corrected chi connectivity index (χ3v) is 3.65. The van der Waals surface area contributed by atoms with Crippen LogP contribution < -0.4 is 0 Å². The van der Waals surface area contributed by atoms with Crippen LogP contribution in [0.25, 0.3) is 0 Å². The summed E-state index contributed by atoms with van der Waals surface area (Å²) in [5.41, 5.74) is 0. The molecule has 0 aliphatic carbocycles. The highest BCUT2D eigenvalue weighted by atomic mass is 16.5. The fraction of sp³-hybridized carbons (Fsp3) is 0.923. The molecule has 5 heteroatoms. The molecule has 1 unspecified atom stereocenters. The van der Waals surface area contributed by atoms with E-state index in [4.69, 9.17) is 9.47 Å². The number of carbonyl (C=O) groups excluding carboxylic acids is 1. The van der Waals surface area contributed by atoms with Crippen molar-refractivity contribution in [3.8, 4) is 0 Å². The molecule has 0 aromatic rings. The Bertz CT molecular complexity index is 259. The van der Waals surface area contributed by atoms with Gasteiger partial charge in [-0.3, -0.25) is 9.69 Å². The molecule has 2 saturated heterocycles. The molecule has 0 bridgehead atoms. The zero-order valence-electron chi connectivity index (χ0n) is 11.3. The topological polar surface area (TPSA) is 42.0 Å². The van der Waals surface area contributed by atoms with E-state index in [0.29, 0.717) is 0 Å². The standard InChI is InChI=1S/C13H24N2O3/c1-2-17-11-9-14-5-7-15(8-6-14)13(16)12-4-3-10-18-12/h12H,2-11H2,1H3. The summed E-state index contributed by atoms with van der Waals surface area (Å²) in [6.45, 7) is 8.83. The van der Waals surface area contributed by atoms with Gasteiger partial charge in [-0.25, -0.2) is 0 Å². The number of ether oxygens (including phenoxy) is 2. The Balaban J connectivity index is 1.67. The Morgan fingerprint density at radius 2 is 2.11 bits per heavy atom. The SMILES string of the molecule is CCOCCN1CCN(C(=O)C2CCCO2)CC1. The van der Waals surface area contributed by atoms with Gasteiger partial charge in [0.1, 0.15) is 6.10 Å². The van der Waals surface area contributed by atoms with E-state index in [2.05, 4.69) is 4.90 Å². The zero-order valence-corrected chi connectivity index (χ0v) is 11.3. The van der Waals surface area contributed by atoms with Crippen LogP contribution in [0.5, 0.6) is 0 Å². The molecule has 0 aromatic heterocycles. The maximum atomic E-state index is 12.1. The first-order chi connectivity index (χ1) is 8.81. The molecule has 18 heavy (non-hydrogen) atoms. The highest BCUT2D eigenvalue weighted by Gasteiger charge is 2.30. The van der Waals surface area contributed by atoms with Crippen LogP contribution in [0.3, 0.4) is 0 Å². The summed E-state index contributed by atoms with van der Waals surface area (Å²) in [6.07, 6.45) is 1.74. The lowest BCUT2D eigenvalue weighted by Gasteiger charge is -2.35. The smallest absolute Gasteiger partial charge is 0.251 e. The second kappa shape index (κ2) is 7.07. The van der Waals surface area contributed by atoms with Crippen molar-refractivity contribution >= 4 is 5.91 Å². The van der Waals surface area contributed by atoms with Crippen molar-refractivity contribution in [1.82, 2.24) is 9.80 Å². The van der Waals surface area contributed by atoms with Crippen molar-refractivity contribution in [3.63, 3.8) is 0 Å². The van der Waals surface area contributed by atoms with Crippen LogP contribution >= 0.6 is 0 Å². The lowest BCUT2D eigenvalue weighted by atomic mass is 10.2. The van der Waals surface area contributed by atoms with Gasteiger partial charge in [0.25, 0.3) is 5.91 Å². The number of carbonyl (C=O) groups is 1. The van der Waals surface area contributed by atoms with Gasteiger partial charge in [-0.1, -0.05) is 0 Å². The van der Waals surface area contributed by atoms with Gasteiger partial charge in [0.2, 0.25) is 0 Å². The van der Waals surface area contributed by atoms with Gasteiger partial charge >= 0.3 is 0 Å². The van der Waals surface area contributed by atoms with Crippen LogP contribution in [0.4, 0.5) is 0 Å². The molecule has 104 valence electrons. The number of amides is 1. The predicted molar refractivity (Wildman–Crippen MR) is 68.5 cm³/mol. The molecule has 5 nitrogen and oxygen atoms in total. The molecular formula is C13H24N2O3. The first-order valence-corrected chi connectivity index (χ1v) is 7.01. The number of hydrogen-bond acceptors (Lipinski definition) is 4. The Kier molecular flexibility index (Phi) is 5.41. The quantitative estimate of drug-likeness (QED) is 0.666. The summed E-state index contributed by atoms with van der Waals surface area (Å²) in [7, 11) is 0. The Labute approximate surface area is 109 Å². The van der Waals surface area contributed by atoms with E-state index >= 15 is 0 Å². The first kappa shape index (κ1) is 13.8. The summed E-state index contributed by atoms with van der Waals surface area (Å²) < 4.78 is 10.8. The maximum absolute atomic E-state index is 12.1. The van der Waals surface area contributed by atoms with Crippen molar-refractivity contribution in [2.24, 2.45) is 0 Å². The molecule has 2 rings (SSSR count). The molecule has 0 saturated carbocycles. The first-order valence-electron chi connectivity index (χ1n) is 7.01. The zero-order chi connectivity index (χ0) is 12.8. The number of piperazine rings is 1. The van der Waals surface area contributed by atoms with Crippen LogP contribution in [-0.4, -0.2) is 74.4 Å². The van der Waals surface area contributed by atoms with E-state index in [1.165, 1.54) is 0 Å². The lowest BCUT2D eigenvalue weighted by molar-refractivity contribution is -0.142. The molecule has 2 aliphatic heterocycles. The van der Waals surface area contributed by atoms with Crippen molar-refractivity contribution in [3.05, 3.63) is 0 Å². The van der Waals surface area contributed by atoms with Crippen LogP contribution in [0.2, 0.25) is 0 Å². The monoisotopic (exact) mass is 256 g/mol. The number of rotatable bonds is 5. The fourth-order valence-electron chi connectivity index (χ4n) is 2.51. The second-order valence-electron chi connectivity index (χ2n) is 4.87. The molecule has 0 N–H and O–H groups in total. The lowest BCUT2D eigenvalue weighted by Crippen LogP contribution is -2.51. The molecule has 1 amide bonds. The van der Waals surface area contributed by atoms with Gasteiger partial charge in [-0.2, -0.15) is 0 Å². The summed E-state index contributed by atoms with van der Waals surface area (Å²) in [4.78, 5) is 16.4. The second-order valence-corrected chi connectivity index (χ2v) is 4.87. The van der Waals surface area contributed by atoms with E-state index in [-0.39, 0.29) is 12.0 Å².